The number of carbonyl (C=O) groups excluding carboxylic acids is 1. The molecule has 0 saturated carbocycles. The SMILES string of the molecule is Cc1cc([N+](=O)[O-])nn1CC(=O)N[C@@H](C)c1ccc(F)cc1. The van der Waals surface area contributed by atoms with Crippen molar-refractivity contribution in [1.82, 2.24) is 15.1 Å². The molecule has 22 heavy (non-hydrogen) atoms. The van der Waals surface area contributed by atoms with Crippen molar-refractivity contribution in [3.05, 3.63) is 57.5 Å². The number of aryl methyl sites for hydroxylation is 1. The second-order valence-corrected chi connectivity index (χ2v) is 4.90. The lowest BCUT2D eigenvalue weighted by Crippen LogP contribution is -2.30. The van der Waals surface area contributed by atoms with E-state index in [0.717, 1.165) is 5.56 Å². The van der Waals surface area contributed by atoms with Gasteiger partial charge in [-0.1, -0.05) is 12.1 Å². The molecule has 0 spiro atoms. The van der Waals surface area contributed by atoms with E-state index in [1.807, 2.05) is 0 Å². The van der Waals surface area contributed by atoms with Crippen LogP contribution in [0.2, 0.25) is 0 Å². The average Bonchev–Trinajstić information content (AvgIpc) is 2.81. The van der Waals surface area contributed by atoms with E-state index in [4.69, 9.17) is 0 Å². The molecule has 1 aromatic carbocycles. The van der Waals surface area contributed by atoms with Crippen molar-refractivity contribution in [3.63, 3.8) is 0 Å². The number of aromatic nitrogens is 2. The molecule has 0 radical (unpaired) electrons. The second kappa shape index (κ2) is 6.33. The molecule has 2 rings (SSSR count). The Morgan fingerprint density at radius 2 is 2.09 bits per heavy atom. The maximum atomic E-state index is 12.9. The highest BCUT2D eigenvalue weighted by Crippen LogP contribution is 2.14. The van der Waals surface area contributed by atoms with Crippen LogP contribution in [0.1, 0.15) is 24.2 Å². The van der Waals surface area contributed by atoms with Crippen LogP contribution in [0.15, 0.2) is 30.3 Å². The van der Waals surface area contributed by atoms with Crippen molar-refractivity contribution in [2.24, 2.45) is 0 Å². The summed E-state index contributed by atoms with van der Waals surface area (Å²) in [5.74, 6) is -0.975. The molecular weight excluding hydrogens is 291 g/mol. The molecule has 8 heteroatoms. The predicted molar refractivity (Wildman–Crippen MR) is 76.6 cm³/mol. The van der Waals surface area contributed by atoms with Crippen LogP contribution in [0.5, 0.6) is 0 Å². The molecule has 1 heterocycles. The minimum Gasteiger partial charge on any atom is -0.358 e. The lowest BCUT2D eigenvalue weighted by Gasteiger charge is -2.14. The Morgan fingerprint density at radius 3 is 2.64 bits per heavy atom. The Kier molecular flexibility index (Phi) is 4.50. The van der Waals surface area contributed by atoms with Crippen LogP contribution in [0.3, 0.4) is 0 Å². The zero-order chi connectivity index (χ0) is 16.3. The Morgan fingerprint density at radius 1 is 1.45 bits per heavy atom. The van der Waals surface area contributed by atoms with E-state index in [-0.39, 0.29) is 30.1 Å². The summed E-state index contributed by atoms with van der Waals surface area (Å²) >= 11 is 0. The number of benzene rings is 1. The van der Waals surface area contributed by atoms with Crippen molar-refractivity contribution >= 4 is 11.7 Å². The normalized spacial score (nSPS) is 12.0. The van der Waals surface area contributed by atoms with Gasteiger partial charge in [0.2, 0.25) is 5.91 Å². The summed E-state index contributed by atoms with van der Waals surface area (Å²) in [6, 6.07) is 6.81. The highest BCUT2D eigenvalue weighted by atomic mass is 19.1. The van der Waals surface area contributed by atoms with E-state index < -0.39 is 4.92 Å². The first-order chi connectivity index (χ1) is 10.4. The van der Waals surface area contributed by atoms with Gasteiger partial charge in [0, 0.05) is 0 Å². The first-order valence-electron chi connectivity index (χ1n) is 6.60. The van der Waals surface area contributed by atoms with Crippen LogP contribution >= 0.6 is 0 Å². The Labute approximate surface area is 125 Å². The summed E-state index contributed by atoms with van der Waals surface area (Å²) in [5.41, 5.74) is 1.29. The maximum absolute atomic E-state index is 12.9. The fourth-order valence-electron chi connectivity index (χ4n) is 2.00. The van der Waals surface area contributed by atoms with Crippen molar-refractivity contribution in [2.75, 3.05) is 0 Å². The molecule has 1 aromatic heterocycles. The number of carbonyl (C=O) groups is 1. The van der Waals surface area contributed by atoms with Crippen LogP contribution in [0, 0.1) is 22.9 Å². The summed E-state index contributed by atoms with van der Waals surface area (Å²) in [4.78, 5) is 22.0. The summed E-state index contributed by atoms with van der Waals surface area (Å²) < 4.78 is 14.1. The molecule has 0 unspecified atom stereocenters. The lowest BCUT2D eigenvalue weighted by atomic mass is 10.1. The first kappa shape index (κ1) is 15.6. The summed E-state index contributed by atoms with van der Waals surface area (Å²) in [6.45, 7) is 3.28. The Hall–Kier alpha value is -2.77. The van der Waals surface area contributed by atoms with Gasteiger partial charge in [-0.2, -0.15) is 4.68 Å². The zero-order valence-electron chi connectivity index (χ0n) is 12.1. The summed E-state index contributed by atoms with van der Waals surface area (Å²) in [6.07, 6.45) is 0. The summed E-state index contributed by atoms with van der Waals surface area (Å²) in [7, 11) is 0. The third-order valence-corrected chi connectivity index (χ3v) is 3.20. The lowest BCUT2D eigenvalue weighted by molar-refractivity contribution is -0.389. The number of nitrogens with one attached hydrogen (secondary N) is 1. The number of hydrogen-bond acceptors (Lipinski definition) is 4. The van der Waals surface area contributed by atoms with Gasteiger partial charge in [-0.25, -0.2) is 4.39 Å². The molecule has 1 atom stereocenters. The van der Waals surface area contributed by atoms with Crippen LogP contribution in [-0.4, -0.2) is 20.6 Å². The number of rotatable bonds is 5. The van der Waals surface area contributed by atoms with Gasteiger partial charge in [-0.3, -0.25) is 4.79 Å². The molecule has 0 aliphatic rings. The molecule has 2 aromatic rings. The second-order valence-electron chi connectivity index (χ2n) is 4.90. The molecule has 1 amide bonds. The molecule has 116 valence electrons. The number of nitrogens with zero attached hydrogens (tertiary/aromatic N) is 3. The van der Waals surface area contributed by atoms with Crippen LogP contribution in [0.25, 0.3) is 0 Å². The minimum absolute atomic E-state index is 0.120. The zero-order valence-corrected chi connectivity index (χ0v) is 12.1. The van der Waals surface area contributed by atoms with Gasteiger partial charge in [0.25, 0.3) is 0 Å². The first-order valence-corrected chi connectivity index (χ1v) is 6.60. The molecule has 0 bridgehead atoms. The highest BCUT2D eigenvalue weighted by molar-refractivity contribution is 5.76. The monoisotopic (exact) mass is 306 g/mol. The number of nitro groups is 1. The van der Waals surface area contributed by atoms with E-state index in [1.54, 1.807) is 26.0 Å². The molecule has 7 nitrogen and oxygen atoms in total. The number of amides is 1. The number of halogens is 1. The largest absolute Gasteiger partial charge is 0.390 e. The van der Waals surface area contributed by atoms with Crippen LogP contribution < -0.4 is 5.32 Å². The van der Waals surface area contributed by atoms with E-state index >= 15 is 0 Å². The van der Waals surface area contributed by atoms with Gasteiger partial charge in [0.1, 0.15) is 12.4 Å². The Bertz CT molecular complexity index is 697. The molecular formula is C14H15FN4O3. The molecule has 0 aliphatic carbocycles. The Balaban J connectivity index is 2.00. The smallest absolute Gasteiger partial charge is 0.358 e. The van der Waals surface area contributed by atoms with Gasteiger partial charge in [0.15, 0.2) is 0 Å². The van der Waals surface area contributed by atoms with E-state index in [9.17, 15) is 19.3 Å². The highest BCUT2D eigenvalue weighted by Gasteiger charge is 2.18. The fourth-order valence-corrected chi connectivity index (χ4v) is 2.00. The molecule has 0 saturated heterocycles. The fraction of sp³-hybridized carbons (Fsp3) is 0.286. The van der Waals surface area contributed by atoms with Crippen LogP contribution in [0.4, 0.5) is 10.2 Å². The quantitative estimate of drug-likeness (QED) is 0.676. The topological polar surface area (TPSA) is 90.1 Å². The number of hydrogen-bond donors (Lipinski definition) is 1. The third-order valence-electron chi connectivity index (χ3n) is 3.20. The maximum Gasteiger partial charge on any atom is 0.390 e. The van der Waals surface area contributed by atoms with Gasteiger partial charge < -0.3 is 15.4 Å². The third kappa shape index (κ3) is 3.66. The molecule has 0 aliphatic heterocycles. The molecule has 0 fully saturated rings. The molecule has 1 N–H and O–H groups in total. The van der Waals surface area contributed by atoms with Crippen molar-refractivity contribution in [2.45, 2.75) is 26.4 Å². The van der Waals surface area contributed by atoms with Gasteiger partial charge in [-0.05, 0) is 36.5 Å². The van der Waals surface area contributed by atoms with E-state index in [1.165, 1.54) is 22.9 Å². The van der Waals surface area contributed by atoms with Gasteiger partial charge in [-0.15, -0.1) is 0 Å². The van der Waals surface area contributed by atoms with E-state index in [2.05, 4.69) is 10.4 Å². The van der Waals surface area contributed by atoms with E-state index in [0.29, 0.717) is 5.69 Å². The van der Waals surface area contributed by atoms with Crippen molar-refractivity contribution in [3.8, 4) is 0 Å². The van der Waals surface area contributed by atoms with Gasteiger partial charge >= 0.3 is 5.82 Å². The minimum atomic E-state index is -0.609. The predicted octanol–water partition coefficient (Wildman–Crippen LogP) is 2.12. The van der Waals surface area contributed by atoms with Crippen LogP contribution in [-0.2, 0) is 11.3 Å². The van der Waals surface area contributed by atoms with Gasteiger partial charge in [0.05, 0.1) is 22.9 Å². The van der Waals surface area contributed by atoms with Crippen molar-refractivity contribution < 1.29 is 14.1 Å². The van der Waals surface area contributed by atoms with Crippen molar-refractivity contribution in [1.29, 1.82) is 0 Å². The standard InChI is InChI=1S/C14H15FN4O3/c1-9-7-13(19(21)22)17-18(9)8-14(20)16-10(2)11-3-5-12(15)6-4-11/h3-7,10H,8H2,1-2H3,(H,16,20)/t10-/m0/s1. The average molecular weight is 306 g/mol. The summed E-state index contributed by atoms with van der Waals surface area (Å²) in [5, 5.41) is 17.1.